The van der Waals surface area contributed by atoms with Crippen molar-refractivity contribution in [1.29, 1.82) is 0 Å². The first-order valence-corrected chi connectivity index (χ1v) is 14.5. The highest BCUT2D eigenvalue weighted by molar-refractivity contribution is 7.86. The summed E-state index contributed by atoms with van der Waals surface area (Å²) in [4.78, 5) is 0.184. The summed E-state index contributed by atoms with van der Waals surface area (Å²) in [7, 11) is -2.28. The lowest BCUT2D eigenvalue weighted by molar-refractivity contribution is -0.936. The van der Waals surface area contributed by atoms with E-state index in [0.717, 1.165) is 49.1 Å². The molecule has 2 rings (SSSR count). The molecule has 0 aliphatic carbocycles. The van der Waals surface area contributed by atoms with Gasteiger partial charge in [0.1, 0.15) is 6.54 Å². The predicted octanol–water partition coefficient (Wildman–Crippen LogP) is 6.49. The lowest BCUT2D eigenvalue weighted by Crippen LogP contribution is -2.46. The molecule has 3 atom stereocenters. The van der Waals surface area contributed by atoms with Crippen LogP contribution in [0.4, 0.5) is 0 Å². The van der Waals surface area contributed by atoms with Gasteiger partial charge in [0.2, 0.25) is 0 Å². The fourth-order valence-corrected chi connectivity index (χ4v) is 5.96. The van der Waals surface area contributed by atoms with Gasteiger partial charge in [-0.15, -0.1) is 0 Å². The predicted molar refractivity (Wildman–Crippen MR) is 144 cm³/mol. The SMILES string of the molecule is CCC(CC(C)c1ccc(C[N+](CC)(CC)CC)cc1)c1ccc(S(=O)(=O)OC(C)COC)cc1. The monoisotopic (exact) mass is 504 g/mol. The minimum atomic E-state index is -3.80. The van der Waals surface area contributed by atoms with Crippen LogP contribution in [0.25, 0.3) is 0 Å². The Hall–Kier alpha value is -1.73. The zero-order valence-corrected chi connectivity index (χ0v) is 23.6. The Labute approximate surface area is 214 Å². The Morgan fingerprint density at radius 2 is 1.37 bits per heavy atom. The molecule has 0 aliphatic heterocycles. The highest BCUT2D eigenvalue weighted by Gasteiger charge is 2.23. The van der Waals surface area contributed by atoms with E-state index < -0.39 is 16.2 Å². The number of quaternary nitrogens is 1. The van der Waals surface area contributed by atoms with Crippen molar-refractivity contribution in [3.63, 3.8) is 0 Å². The molecule has 0 N–H and O–H groups in total. The van der Waals surface area contributed by atoms with Crippen LogP contribution in [-0.4, -0.2) is 52.4 Å². The highest BCUT2D eigenvalue weighted by Crippen LogP contribution is 2.33. The first kappa shape index (κ1) is 29.5. The van der Waals surface area contributed by atoms with Crippen LogP contribution < -0.4 is 0 Å². The number of hydrogen-bond donors (Lipinski definition) is 0. The fraction of sp³-hybridized carbons (Fsp3) is 0.586. The van der Waals surface area contributed by atoms with Crippen molar-refractivity contribution < 1.29 is 21.8 Å². The molecule has 0 radical (unpaired) electrons. The molecular formula is C29H46NO4S+. The van der Waals surface area contributed by atoms with E-state index in [1.165, 1.54) is 18.2 Å². The van der Waals surface area contributed by atoms with Crippen LogP contribution >= 0.6 is 0 Å². The van der Waals surface area contributed by atoms with Crippen molar-refractivity contribution in [3.05, 3.63) is 65.2 Å². The van der Waals surface area contributed by atoms with Crippen LogP contribution in [0.15, 0.2) is 53.4 Å². The first-order valence-electron chi connectivity index (χ1n) is 13.1. The zero-order chi connectivity index (χ0) is 26.1. The largest absolute Gasteiger partial charge is 0.382 e. The molecule has 2 aromatic carbocycles. The molecule has 5 nitrogen and oxygen atoms in total. The van der Waals surface area contributed by atoms with Crippen LogP contribution in [0.5, 0.6) is 0 Å². The van der Waals surface area contributed by atoms with E-state index in [9.17, 15) is 8.42 Å². The molecule has 35 heavy (non-hydrogen) atoms. The van der Waals surface area contributed by atoms with E-state index in [4.69, 9.17) is 8.92 Å². The summed E-state index contributed by atoms with van der Waals surface area (Å²) in [6.45, 7) is 17.8. The lowest BCUT2D eigenvalue weighted by Gasteiger charge is -2.36. The molecule has 0 heterocycles. The summed E-state index contributed by atoms with van der Waals surface area (Å²) in [6.07, 6.45) is 1.49. The molecular weight excluding hydrogens is 458 g/mol. The van der Waals surface area contributed by atoms with Crippen LogP contribution in [-0.2, 0) is 25.6 Å². The van der Waals surface area contributed by atoms with Gasteiger partial charge in [-0.3, -0.25) is 4.18 Å². The molecule has 0 bridgehead atoms. The fourth-order valence-electron chi connectivity index (χ4n) is 4.89. The maximum atomic E-state index is 12.5. The Kier molecular flexibility index (Phi) is 11.4. The number of ether oxygens (including phenoxy) is 1. The van der Waals surface area contributed by atoms with Crippen LogP contribution in [0.2, 0.25) is 0 Å². The van der Waals surface area contributed by atoms with E-state index >= 15 is 0 Å². The second kappa shape index (κ2) is 13.5. The number of rotatable bonds is 15. The van der Waals surface area contributed by atoms with Gasteiger partial charge in [0.15, 0.2) is 0 Å². The summed E-state index contributed by atoms with van der Waals surface area (Å²) >= 11 is 0. The smallest absolute Gasteiger partial charge is 0.297 e. The van der Waals surface area contributed by atoms with Gasteiger partial charge in [-0.1, -0.05) is 50.2 Å². The van der Waals surface area contributed by atoms with E-state index in [1.54, 1.807) is 19.1 Å². The van der Waals surface area contributed by atoms with Crippen molar-refractivity contribution >= 4 is 10.1 Å². The third kappa shape index (κ3) is 8.14. The number of hydrogen-bond acceptors (Lipinski definition) is 4. The minimum Gasteiger partial charge on any atom is -0.382 e. The maximum Gasteiger partial charge on any atom is 0.297 e. The average Bonchev–Trinajstić information content (AvgIpc) is 2.86. The van der Waals surface area contributed by atoms with Crippen LogP contribution in [0.3, 0.4) is 0 Å². The number of methoxy groups -OCH3 is 1. The molecule has 0 aliphatic rings. The van der Waals surface area contributed by atoms with Gasteiger partial charge in [0.25, 0.3) is 10.1 Å². The second-order valence-electron chi connectivity index (χ2n) is 9.82. The molecule has 2 aromatic rings. The summed E-state index contributed by atoms with van der Waals surface area (Å²) < 4.78 is 36.4. The van der Waals surface area contributed by atoms with Crippen molar-refractivity contribution in [3.8, 4) is 0 Å². The molecule has 0 amide bonds. The average molecular weight is 505 g/mol. The maximum absolute atomic E-state index is 12.5. The van der Waals surface area contributed by atoms with Crippen LogP contribution in [0, 0.1) is 0 Å². The summed E-state index contributed by atoms with van der Waals surface area (Å²) in [5.74, 6) is 0.776. The summed E-state index contributed by atoms with van der Waals surface area (Å²) in [6, 6.07) is 16.3. The second-order valence-corrected chi connectivity index (χ2v) is 11.4. The van der Waals surface area contributed by atoms with Gasteiger partial charge in [-0.25, -0.2) is 0 Å². The normalized spacial score (nSPS) is 15.1. The topological polar surface area (TPSA) is 52.6 Å². The van der Waals surface area contributed by atoms with Gasteiger partial charge in [-0.2, -0.15) is 8.42 Å². The van der Waals surface area contributed by atoms with Crippen molar-refractivity contribution in [1.82, 2.24) is 0 Å². The van der Waals surface area contributed by atoms with E-state index in [-0.39, 0.29) is 11.5 Å². The lowest BCUT2D eigenvalue weighted by atomic mass is 9.84. The molecule has 3 unspecified atom stereocenters. The van der Waals surface area contributed by atoms with E-state index in [1.807, 2.05) is 12.1 Å². The molecule has 0 spiro atoms. The standard InChI is InChI=1S/C29H46NO4S/c1-8-26(28-16-18-29(19-17-28)35(31,32)34-24(6)22-33-7)20-23(5)27-14-12-25(13-15-27)21-30(9-2,10-3)11-4/h12-19,23-24,26H,8-11,20-22H2,1-7H3/q+1. The van der Waals surface area contributed by atoms with Crippen LogP contribution in [0.1, 0.15) is 82.9 Å². The van der Waals surface area contributed by atoms with E-state index in [0.29, 0.717) is 11.8 Å². The summed E-state index contributed by atoms with van der Waals surface area (Å²) in [5, 5.41) is 0. The molecule has 196 valence electrons. The first-order chi connectivity index (χ1) is 16.6. The van der Waals surface area contributed by atoms with Crippen molar-refractivity contribution in [2.24, 2.45) is 0 Å². The zero-order valence-electron chi connectivity index (χ0n) is 22.8. The van der Waals surface area contributed by atoms with Gasteiger partial charge < -0.3 is 9.22 Å². The number of nitrogens with zero attached hydrogens (tertiary/aromatic N) is 1. The molecule has 6 heteroatoms. The number of benzene rings is 2. The Morgan fingerprint density at radius 1 is 0.829 bits per heavy atom. The van der Waals surface area contributed by atoms with Gasteiger partial charge >= 0.3 is 0 Å². The Bertz CT molecular complexity index is 974. The van der Waals surface area contributed by atoms with Crippen molar-refractivity contribution in [2.75, 3.05) is 33.4 Å². The van der Waals surface area contributed by atoms with Gasteiger partial charge in [0.05, 0.1) is 37.2 Å². The molecule has 0 aromatic heterocycles. The minimum absolute atomic E-state index is 0.184. The van der Waals surface area contributed by atoms with Crippen molar-refractivity contribution in [2.45, 2.75) is 83.8 Å². The molecule has 0 saturated heterocycles. The third-order valence-corrected chi connectivity index (χ3v) is 8.97. The third-order valence-electron chi connectivity index (χ3n) is 7.54. The summed E-state index contributed by atoms with van der Waals surface area (Å²) in [5.41, 5.74) is 3.92. The van der Waals surface area contributed by atoms with Gasteiger partial charge in [0, 0.05) is 12.7 Å². The Balaban J connectivity index is 2.08. The molecule has 0 fully saturated rings. The highest BCUT2D eigenvalue weighted by atomic mass is 32.2. The molecule has 0 saturated carbocycles. The van der Waals surface area contributed by atoms with Gasteiger partial charge in [-0.05, 0) is 75.6 Å². The quantitative estimate of drug-likeness (QED) is 0.205. The van der Waals surface area contributed by atoms with E-state index in [2.05, 4.69) is 58.9 Å². The Morgan fingerprint density at radius 3 is 1.86 bits per heavy atom.